The molecular weight excluding hydrogens is 278 g/mol. The van der Waals surface area contributed by atoms with Gasteiger partial charge in [0.2, 0.25) is 0 Å². The van der Waals surface area contributed by atoms with E-state index < -0.39 is 5.97 Å². The summed E-state index contributed by atoms with van der Waals surface area (Å²) in [5, 5.41) is 17.3. The zero-order valence-electron chi connectivity index (χ0n) is 12.3. The molecule has 3 rings (SSSR count). The molecule has 22 heavy (non-hydrogen) atoms. The van der Waals surface area contributed by atoms with Crippen LogP contribution in [0, 0.1) is 13.8 Å². The van der Waals surface area contributed by atoms with Crippen LogP contribution >= 0.6 is 0 Å². The van der Waals surface area contributed by atoms with E-state index >= 15 is 0 Å². The zero-order chi connectivity index (χ0) is 15.7. The minimum absolute atomic E-state index is 0.0498. The highest BCUT2D eigenvalue weighted by atomic mass is 16.4. The van der Waals surface area contributed by atoms with Crippen LogP contribution < -0.4 is 0 Å². The average molecular weight is 293 g/mol. The first kappa shape index (κ1) is 14.0. The number of hydrogen-bond acceptors (Lipinski definition) is 3. The summed E-state index contributed by atoms with van der Waals surface area (Å²) in [6.07, 6.45) is 0. The summed E-state index contributed by atoms with van der Waals surface area (Å²) in [4.78, 5) is 11.5. The lowest BCUT2D eigenvalue weighted by Crippen LogP contribution is -2.04. The van der Waals surface area contributed by atoms with Crippen molar-refractivity contribution >= 4 is 5.97 Å². The van der Waals surface area contributed by atoms with Gasteiger partial charge in [-0.1, -0.05) is 53.2 Å². The van der Waals surface area contributed by atoms with Gasteiger partial charge in [0.15, 0.2) is 5.69 Å². The minimum Gasteiger partial charge on any atom is -0.476 e. The third-order valence-corrected chi connectivity index (χ3v) is 3.50. The first-order valence-corrected chi connectivity index (χ1v) is 6.90. The molecule has 0 spiro atoms. The molecule has 0 unspecified atom stereocenters. The monoisotopic (exact) mass is 293 g/mol. The number of carbonyl (C=O) groups is 1. The van der Waals surface area contributed by atoms with E-state index in [1.165, 1.54) is 0 Å². The first-order chi connectivity index (χ1) is 10.6. The zero-order valence-corrected chi connectivity index (χ0v) is 12.3. The summed E-state index contributed by atoms with van der Waals surface area (Å²) in [5.41, 5.74) is 4.18. The number of nitrogens with zero attached hydrogens (tertiary/aromatic N) is 3. The summed E-state index contributed by atoms with van der Waals surface area (Å²) >= 11 is 0. The topological polar surface area (TPSA) is 68.0 Å². The number of hydrogen-bond donors (Lipinski definition) is 1. The van der Waals surface area contributed by atoms with Gasteiger partial charge in [0.05, 0.1) is 5.69 Å². The predicted octanol–water partition coefficient (Wildman–Crippen LogP) is 3.25. The van der Waals surface area contributed by atoms with E-state index in [1.54, 1.807) is 4.68 Å². The third-order valence-electron chi connectivity index (χ3n) is 3.50. The van der Waals surface area contributed by atoms with Crippen molar-refractivity contribution in [2.75, 3.05) is 0 Å². The molecule has 0 saturated carbocycles. The molecule has 5 heteroatoms. The number of aromatic nitrogens is 3. The Morgan fingerprint density at radius 1 is 1.09 bits per heavy atom. The highest BCUT2D eigenvalue weighted by Crippen LogP contribution is 2.26. The Kier molecular flexibility index (Phi) is 3.47. The lowest BCUT2D eigenvalue weighted by molar-refractivity contribution is 0.0691. The average Bonchev–Trinajstić information content (AvgIpc) is 2.93. The fraction of sp³-hybridized carbons (Fsp3) is 0.118. The van der Waals surface area contributed by atoms with Gasteiger partial charge in [-0.3, -0.25) is 0 Å². The van der Waals surface area contributed by atoms with Gasteiger partial charge in [-0.25, -0.2) is 9.48 Å². The molecule has 1 N–H and O–H groups in total. The molecule has 1 aromatic heterocycles. The van der Waals surface area contributed by atoms with Gasteiger partial charge < -0.3 is 5.11 Å². The Bertz CT molecular complexity index is 838. The van der Waals surface area contributed by atoms with Gasteiger partial charge in [0, 0.05) is 5.56 Å². The molecule has 3 aromatic rings. The maximum absolute atomic E-state index is 11.5. The van der Waals surface area contributed by atoms with E-state index in [9.17, 15) is 9.90 Å². The van der Waals surface area contributed by atoms with Gasteiger partial charge in [-0.2, -0.15) is 0 Å². The van der Waals surface area contributed by atoms with Crippen LogP contribution in [-0.2, 0) is 0 Å². The van der Waals surface area contributed by atoms with Crippen LogP contribution in [0.5, 0.6) is 0 Å². The Labute approximate surface area is 127 Å². The van der Waals surface area contributed by atoms with Crippen LogP contribution in [0.1, 0.15) is 21.6 Å². The summed E-state index contributed by atoms with van der Waals surface area (Å²) < 4.78 is 1.59. The van der Waals surface area contributed by atoms with Crippen LogP contribution in [0.2, 0.25) is 0 Å². The standard InChI is InChI=1S/C17H15N3O2/c1-11-8-9-14(12(2)10-11)20-16(13-6-4-3-5-7-13)15(17(21)22)18-19-20/h3-10H,1-2H3,(H,21,22). The number of carboxylic acid groups (broad SMARTS) is 1. The fourth-order valence-electron chi connectivity index (χ4n) is 2.49. The molecule has 2 aromatic carbocycles. The molecule has 0 atom stereocenters. The number of rotatable bonds is 3. The molecule has 0 aliphatic heterocycles. The van der Waals surface area contributed by atoms with Gasteiger partial charge in [-0.05, 0) is 25.5 Å². The Balaban J connectivity index is 2.27. The van der Waals surface area contributed by atoms with Crippen LogP contribution in [0.3, 0.4) is 0 Å². The van der Waals surface area contributed by atoms with Crippen LogP contribution in [0.25, 0.3) is 16.9 Å². The molecule has 0 aliphatic carbocycles. The summed E-state index contributed by atoms with van der Waals surface area (Å²) in [7, 11) is 0. The third kappa shape index (κ3) is 2.37. The van der Waals surface area contributed by atoms with Crippen molar-refractivity contribution in [1.82, 2.24) is 15.0 Å². The highest BCUT2D eigenvalue weighted by Gasteiger charge is 2.22. The number of carboxylic acids is 1. The van der Waals surface area contributed by atoms with Crippen molar-refractivity contribution in [3.8, 4) is 16.9 Å². The van der Waals surface area contributed by atoms with E-state index in [-0.39, 0.29) is 5.69 Å². The second-order valence-corrected chi connectivity index (χ2v) is 5.16. The van der Waals surface area contributed by atoms with Gasteiger partial charge >= 0.3 is 5.97 Å². The maximum Gasteiger partial charge on any atom is 0.358 e. The Hall–Kier alpha value is -2.95. The van der Waals surface area contributed by atoms with Gasteiger partial charge in [0.25, 0.3) is 0 Å². The van der Waals surface area contributed by atoms with Crippen molar-refractivity contribution in [1.29, 1.82) is 0 Å². The van der Waals surface area contributed by atoms with E-state index in [4.69, 9.17) is 0 Å². The fourth-order valence-corrected chi connectivity index (χ4v) is 2.49. The molecule has 0 fully saturated rings. The lowest BCUT2D eigenvalue weighted by atomic mass is 10.1. The van der Waals surface area contributed by atoms with Gasteiger partial charge in [0.1, 0.15) is 5.69 Å². The number of aromatic carboxylic acids is 1. The van der Waals surface area contributed by atoms with Crippen LogP contribution in [0.4, 0.5) is 0 Å². The normalized spacial score (nSPS) is 10.6. The summed E-state index contributed by atoms with van der Waals surface area (Å²) in [6.45, 7) is 3.98. The molecule has 110 valence electrons. The number of benzene rings is 2. The van der Waals surface area contributed by atoms with E-state index in [0.29, 0.717) is 5.69 Å². The van der Waals surface area contributed by atoms with Crippen molar-refractivity contribution in [3.63, 3.8) is 0 Å². The van der Waals surface area contributed by atoms with Crippen LogP contribution in [0.15, 0.2) is 48.5 Å². The summed E-state index contributed by atoms with van der Waals surface area (Å²) in [5.74, 6) is -1.09. The van der Waals surface area contributed by atoms with Crippen molar-refractivity contribution in [3.05, 3.63) is 65.4 Å². The predicted molar refractivity (Wildman–Crippen MR) is 83.2 cm³/mol. The smallest absolute Gasteiger partial charge is 0.358 e. The number of aryl methyl sites for hydroxylation is 2. The molecule has 0 amide bonds. The van der Waals surface area contributed by atoms with Crippen molar-refractivity contribution in [2.24, 2.45) is 0 Å². The SMILES string of the molecule is Cc1ccc(-n2nnc(C(=O)O)c2-c2ccccc2)c(C)c1. The minimum atomic E-state index is -1.09. The Morgan fingerprint density at radius 3 is 2.45 bits per heavy atom. The highest BCUT2D eigenvalue weighted by molar-refractivity contribution is 5.93. The first-order valence-electron chi connectivity index (χ1n) is 6.90. The van der Waals surface area contributed by atoms with Crippen LogP contribution in [-0.4, -0.2) is 26.1 Å². The molecule has 5 nitrogen and oxygen atoms in total. The molecular formula is C17H15N3O2. The quantitative estimate of drug-likeness (QED) is 0.805. The lowest BCUT2D eigenvalue weighted by Gasteiger charge is -2.10. The molecule has 0 bridgehead atoms. The maximum atomic E-state index is 11.5. The second kappa shape index (κ2) is 5.44. The van der Waals surface area contributed by atoms with E-state index in [0.717, 1.165) is 22.4 Å². The molecule has 0 aliphatic rings. The molecule has 0 radical (unpaired) electrons. The van der Waals surface area contributed by atoms with Crippen molar-refractivity contribution < 1.29 is 9.90 Å². The van der Waals surface area contributed by atoms with Crippen molar-refractivity contribution in [2.45, 2.75) is 13.8 Å². The molecule has 0 saturated heterocycles. The molecule has 1 heterocycles. The van der Waals surface area contributed by atoms with Gasteiger partial charge in [-0.15, -0.1) is 5.10 Å². The second-order valence-electron chi connectivity index (χ2n) is 5.16. The summed E-state index contributed by atoms with van der Waals surface area (Å²) in [6, 6.07) is 15.2. The van der Waals surface area contributed by atoms with E-state index in [2.05, 4.69) is 10.3 Å². The Morgan fingerprint density at radius 2 is 1.82 bits per heavy atom. The van der Waals surface area contributed by atoms with E-state index in [1.807, 2.05) is 62.4 Å². The largest absolute Gasteiger partial charge is 0.476 e.